The summed E-state index contributed by atoms with van der Waals surface area (Å²) in [5.41, 5.74) is 3.76. The molecule has 22 heavy (non-hydrogen) atoms. The number of carbonyl (C=O) groups is 1. The van der Waals surface area contributed by atoms with Crippen LogP contribution in [0.15, 0.2) is 18.3 Å². The zero-order valence-corrected chi connectivity index (χ0v) is 14.0. The molecule has 2 aromatic rings. The zero-order chi connectivity index (χ0) is 16.1. The Morgan fingerprint density at radius 2 is 2.00 bits per heavy atom. The molecule has 0 atom stereocenters. The van der Waals surface area contributed by atoms with E-state index in [1.165, 1.54) is 0 Å². The maximum atomic E-state index is 12.3. The lowest BCUT2D eigenvalue weighted by atomic mass is 10.2. The van der Waals surface area contributed by atoms with Crippen molar-refractivity contribution in [1.82, 2.24) is 19.6 Å². The van der Waals surface area contributed by atoms with Crippen molar-refractivity contribution in [3.8, 4) is 0 Å². The quantitative estimate of drug-likeness (QED) is 0.853. The second kappa shape index (κ2) is 7.40. The first-order chi connectivity index (χ1) is 10.6. The van der Waals surface area contributed by atoms with Crippen LogP contribution in [0, 0.1) is 6.92 Å². The molecule has 0 aliphatic rings. The first-order valence-electron chi connectivity index (χ1n) is 8.08. The van der Waals surface area contributed by atoms with Crippen LogP contribution in [0.4, 0.5) is 0 Å². The Labute approximate surface area is 132 Å². The number of imidazole rings is 1. The van der Waals surface area contributed by atoms with Crippen LogP contribution in [0.2, 0.25) is 0 Å². The molecule has 0 aliphatic carbocycles. The van der Waals surface area contributed by atoms with Gasteiger partial charge in [-0.05, 0) is 38.6 Å². The Kier molecular flexibility index (Phi) is 5.55. The van der Waals surface area contributed by atoms with Gasteiger partial charge in [0.2, 0.25) is 0 Å². The number of nitrogens with zero attached hydrogens (tertiary/aromatic N) is 3. The lowest BCUT2D eigenvalue weighted by molar-refractivity contribution is 0.0948. The number of rotatable bonds is 7. The number of carbonyl (C=O) groups excluding carboxylic acids is 1. The van der Waals surface area contributed by atoms with E-state index in [1.54, 1.807) is 0 Å². The molecule has 0 aromatic carbocycles. The van der Waals surface area contributed by atoms with E-state index in [4.69, 9.17) is 0 Å². The van der Waals surface area contributed by atoms with Gasteiger partial charge in [-0.1, -0.05) is 20.8 Å². The third kappa shape index (κ3) is 3.47. The molecular formula is C17H26N4O. The van der Waals surface area contributed by atoms with Crippen molar-refractivity contribution in [3.05, 3.63) is 35.3 Å². The molecule has 2 rings (SSSR count). The molecule has 0 radical (unpaired) electrons. The minimum atomic E-state index is -0.0276. The van der Waals surface area contributed by atoms with Gasteiger partial charge in [0, 0.05) is 25.0 Å². The van der Waals surface area contributed by atoms with Crippen molar-refractivity contribution in [2.45, 2.75) is 34.1 Å². The predicted molar refractivity (Wildman–Crippen MR) is 89.4 cm³/mol. The molecule has 120 valence electrons. The maximum absolute atomic E-state index is 12.3. The number of likely N-dealkylation sites (N-methyl/N-ethyl adjacent to an activating group) is 1. The van der Waals surface area contributed by atoms with E-state index in [1.807, 2.05) is 29.7 Å². The molecule has 2 aromatic heterocycles. The zero-order valence-electron chi connectivity index (χ0n) is 14.0. The molecule has 2 heterocycles. The van der Waals surface area contributed by atoms with Crippen molar-refractivity contribution in [2.24, 2.45) is 0 Å². The van der Waals surface area contributed by atoms with E-state index in [0.717, 1.165) is 43.1 Å². The van der Waals surface area contributed by atoms with Crippen LogP contribution in [-0.2, 0) is 6.42 Å². The number of amides is 1. The fourth-order valence-electron chi connectivity index (χ4n) is 2.65. The lowest BCUT2D eigenvalue weighted by Gasteiger charge is -2.17. The summed E-state index contributed by atoms with van der Waals surface area (Å²) in [6.45, 7) is 12.0. The van der Waals surface area contributed by atoms with E-state index in [9.17, 15) is 4.79 Å². The number of nitrogens with one attached hydrogen (secondary N) is 1. The SMILES string of the molecule is CCc1nc2ccc(C(=O)NCCN(CC)CC)cn2c1C. The average molecular weight is 302 g/mol. The van der Waals surface area contributed by atoms with Gasteiger partial charge in [-0.2, -0.15) is 0 Å². The van der Waals surface area contributed by atoms with Gasteiger partial charge in [0.15, 0.2) is 0 Å². The van der Waals surface area contributed by atoms with Crippen LogP contribution in [-0.4, -0.2) is 46.4 Å². The largest absolute Gasteiger partial charge is 0.351 e. The standard InChI is InChI=1S/C17H26N4O/c1-5-15-13(4)21-12-14(8-9-16(21)19-15)17(22)18-10-11-20(6-2)7-3/h8-9,12H,5-7,10-11H2,1-4H3,(H,18,22). The third-order valence-corrected chi connectivity index (χ3v) is 4.16. The summed E-state index contributed by atoms with van der Waals surface area (Å²) >= 11 is 0. The van der Waals surface area contributed by atoms with E-state index in [2.05, 4.69) is 36.0 Å². The van der Waals surface area contributed by atoms with Gasteiger partial charge in [0.25, 0.3) is 5.91 Å². The van der Waals surface area contributed by atoms with E-state index >= 15 is 0 Å². The van der Waals surface area contributed by atoms with Crippen molar-refractivity contribution in [2.75, 3.05) is 26.2 Å². The molecule has 0 bridgehead atoms. The summed E-state index contributed by atoms with van der Waals surface area (Å²) in [5, 5.41) is 2.99. The summed E-state index contributed by atoms with van der Waals surface area (Å²) in [7, 11) is 0. The van der Waals surface area contributed by atoms with Gasteiger partial charge in [0.1, 0.15) is 5.65 Å². The number of hydrogen-bond donors (Lipinski definition) is 1. The van der Waals surface area contributed by atoms with Crippen LogP contribution < -0.4 is 5.32 Å². The normalized spacial score (nSPS) is 11.3. The highest BCUT2D eigenvalue weighted by Gasteiger charge is 2.11. The van der Waals surface area contributed by atoms with Crippen LogP contribution >= 0.6 is 0 Å². The van der Waals surface area contributed by atoms with Gasteiger partial charge in [-0.25, -0.2) is 4.98 Å². The van der Waals surface area contributed by atoms with Crippen LogP contribution in [0.3, 0.4) is 0 Å². The third-order valence-electron chi connectivity index (χ3n) is 4.16. The van der Waals surface area contributed by atoms with E-state index < -0.39 is 0 Å². The lowest BCUT2D eigenvalue weighted by Crippen LogP contribution is -2.34. The molecule has 0 fully saturated rings. The van der Waals surface area contributed by atoms with Gasteiger partial charge in [-0.3, -0.25) is 4.79 Å². The Morgan fingerprint density at radius 3 is 2.64 bits per heavy atom. The number of aryl methyl sites for hydroxylation is 2. The fraction of sp³-hybridized carbons (Fsp3) is 0.529. The summed E-state index contributed by atoms with van der Waals surface area (Å²) in [6.07, 6.45) is 2.78. The van der Waals surface area contributed by atoms with Crippen molar-refractivity contribution in [3.63, 3.8) is 0 Å². The summed E-state index contributed by atoms with van der Waals surface area (Å²) in [5.74, 6) is -0.0276. The van der Waals surface area contributed by atoms with Crippen molar-refractivity contribution in [1.29, 1.82) is 0 Å². The second-order valence-corrected chi connectivity index (χ2v) is 5.43. The molecule has 5 heteroatoms. The first-order valence-corrected chi connectivity index (χ1v) is 8.08. The second-order valence-electron chi connectivity index (χ2n) is 5.43. The molecule has 0 saturated heterocycles. The number of fused-ring (bicyclic) bond motifs is 1. The first kappa shape index (κ1) is 16.5. The molecule has 0 aliphatic heterocycles. The molecule has 5 nitrogen and oxygen atoms in total. The van der Waals surface area contributed by atoms with Gasteiger partial charge in [-0.15, -0.1) is 0 Å². The molecular weight excluding hydrogens is 276 g/mol. The molecule has 0 saturated carbocycles. The number of aromatic nitrogens is 2. The van der Waals surface area contributed by atoms with Crippen LogP contribution in [0.5, 0.6) is 0 Å². The average Bonchev–Trinajstić information content (AvgIpc) is 2.87. The Hall–Kier alpha value is -1.88. The number of hydrogen-bond acceptors (Lipinski definition) is 3. The Bertz CT molecular complexity index is 643. The van der Waals surface area contributed by atoms with Gasteiger partial charge in [0.05, 0.1) is 11.3 Å². The predicted octanol–water partition coefficient (Wildman–Crippen LogP) is 2.28. The van der Waals surface area contributed by atoms with E-state index in [0.29, 0.717) is 12.1 Å². The monoisotopic (exact) mass is 302 g/mol. The summed E-state index contributed by atoms with van der Waals surface area (Å²) in [6, 6.07) is 3.75. The van der Waals surface area contributed by atoms with Gasteiger partial charge < -0.3 is 14.6 Å². The molecule has 1 amide bonds. The van der Waals surface area contributed by atoms with Crippen LogP contribution in [0.1, 0.15) is 42.5 Å². The minimum Gasteiger partial charge on any atom is -0.351 e. The minimum absolute atomic E-state index is 0.0276. The highest BCUT2D eigenvalue weighted by molar-refractivity contribution is 5.94. The van der Waals surface area contributed by atoms with Gasteiger partial charge >= 0.3 is 0 Å². The van der Waals surface area contributed by atoms with Crippen molar-refractivity contribution >= 4 is 11.6 Å². The maximum Gasteiger partial charge on any atom is 0.252 e. The smallest absolute Gasteiger partial charge is 0.252 e. The van der Waals surface area contributed by atoms with Crippen molar-refractivity contribution < 1.29 is 4.79 Å². The molecule has 0 unspecified atom stereocenters. The fourth-order valence-corrected chi connectivity index (χ4v) is 2.65. The summed E-state index contributed by atoms with van der Waals surface area (Å²) in [4.78, 5) is 19.1. The Balaban J connectivity index is 2.07. The molecule has 1 N–H and O–H groups in total. The highest BCUT2D eigenvalue weighted by atomic mass is 16.1. The van der Waals surface area contributed by atoms with E-state index in [-0.39, 0.29) is 5.91 Å². The Morgan fingerprint density at radius 1 is 1.27 bits per heavy atom. The van der Waals surface area contributed by atoms with Crippen LogP contribution in [0.25, 0.3) is 5.65 Å². The number of pyridine rings is 1. The highest BCUT2D eigenvalue weighted by Crippen LogP contribution is 2.13. The molecule has 0 spiro atoms. The topological polar surface area (TPSA) is 49.6 Å². The summed E-state index contributed by atoms with van der Waals surface area (Å²) < 4.78 is 2.00.